The molecular formula is C18H20N6O2. The predicted molar refractivity (Wildman–Crippen MR) is 102 cm³/mol. The van der Waals surface area contributed by atoms with Crippen molar-refractivity contribution in [3.8, 4) is 11.5 Å². The lowest BCUT2D eigenvalue weighted by Gasteiger charge is -2.04. The summed E-state index contributed by atoms with van der Waals surface area (Å²) >= 11 is 0. The molecule has 0 atom stereocenters. The summed E-state index contributed by atoms with van der Waals surface area (Å²) in [7, 11) is 0. The van der Waals surface area contributed by atoms with E-state index >= 15 is 0 Å². The molecule has 0 amide bonds. The minimum absolute atomic E-state index is 0. The highest BCUT2D eigenvalue weighted by Crippen LogP contribution is 2.35. The van der Waals surface area contributed by atoms with Crippen molar-refractivity contribution in [3.05, 3.63) is 52.1 Å². The third-order valence-electron chi connectivity index (χ3n) is 4.54. The molecular weight excluding hydrogens is 332 g/mol. The van der Waals surface area contributed by atoms with E-state index in [4.69, 9.17) is 4.98 Å². The number of nitro benzene ring substituents is 1. The van der Waals surface area contributed by atoms with Crippen LogP contribution in [0.3, 0.4) is 0 Å². The number of nitro groups is 1. The SMILES string of the molecule is CCc1cccc2c1nc(-c1n[nH]c3cccc([N+](=O)[O-])c13)n2CC.N. The second kappa shape index (κ2) is 6.57. The molecule has 0 spiro atoms. The van der Waals surface area contributed by atoms with Gasteiger partial charge in [0.1, 0.15) is 11.1 Å². The predicted octanol–water partition coefficient (Wildman–Crippen LogP) is 4.23. The number of hydrogen-bond donors (Lipinski definition) is 2. The van der Waals surface area contributed by atoms with E-state index in [9.17, 15) is 10.1 Å². The topological polar surface area (TPSA) is 125 Å². The van der Waals surface area contributed by atoms with Gasteiger partial charge in [0.05, 0.1) is 21.5 Å². The molecule has 0 saturated heterocycles. The molecule has 26 heavy (non-hydrogen) atoms. The molecule has 8 heteroatoms. The Balaban J connectivity index is 0.00000196. The third kappa shape index (κ3) is 2.42. The van der Waals surface area contributed by atoms with E-state index in [0.29, 0.717) is 29.0 Å². The number of aromatic nitrogens is 4. The first-order chi connectivity index (χ1) is 12.2. The Bertz CT molecular complexity index is 1110. The highest BCUT2D eigenvalue weighted by Gasteiger charge is 2.23. The lowest BCUT2D eigenvalue weighted by Crippen LogP contribution is -1.98. The first-order valence-corrected chi connectivity index (χ1v) is 8.25. The molecule has 8 nitrogen and oxygen atoms in total. The van der Waals surface area contributed by atoms with E-state index < -0.39 is 0 Å². The molecule has 0 unspecified atom stereocenters. The van der Waals surface area contributed by atoms with Gasteiger partial charge in [-0.2, -0.15) is 5.10 Å². The van der Waals surface area contributed by atoms with Gasteiger partial charge in [-0.3, -0.25) is 15.2 Å². The van der Waals surface area contributed by atoms with Crippen LogP contribution in [0.5, 0.6) is 0 Å². The second-order valence-electron chi connectivity index (χ2n) is 5.85. The Morgan fingerprint density at radius 2 is 1.96 bits per heavy atom. The fourth-order valence-corrected chi connectivity index (χ4v) is 3.36. The van der Waals surface area contributed by atoms with Crippen LogP contribution in [-0.4, -0.2) is 24.7 Å². The van der Waals surface area contributed by atoms with Crippen molar-refractivity contribution in [2.45, 2.75) is 26.8 Å². The maximum atomic E-state index is 11.5. The van der Waals surface area contributed by atoms with Crippen molar-refractivity contribution in [1.29, 1.82) is 0 Å². The van der Waals surface area contributed by atoms with Crippen LogP contribution >= 0.6 is 0 Å². The molecule has 0 radical (unpaired) electrons. The van der Waals surface area contributed by atoms with E-state index in [1.165, 1.54) is 6.07 Å². The number of fused-ring (bicyclic) bond motifs is 2. The maximum absolute atomic E-state index is 11.5. The number of aryl methyl sites for hydroxylation is 2. The molecule has 0 saturated carbocycles. The zero-order chi connectivity index (χ0) is 17.6. The summed E-state index contributed by atoms with van der Waals surface area (Å²) in [6, 6.07) is 11.0. The van der Waals surface area contributed by atoms with E-state index in [0.717, 1.165) is 23.0 Å². The number of imidazole rings is 1. The molecule has 4 aromatic rings. The minimum Gasteiger partial charge on any atom is -0.344 e. The third-order valence-corrected chi connectivity index (χ3v) is 4.54. The van der Waals surface area contributed by atoms with Crippen LogP contribution in [0.2, 0.25) is 0 Å². The number of aromatic amines is 1. The number of nitrogens with one attached hydrogen (secondary N) is 1. The van der Waals surface area contributed by atoms with E-state index in [1.54, 1.807) is 12.1 Å². The van der Waals surface area contributed by atoms with E-state index in [2.05, 4.69) is 27.8 Å². The van der Waals surface area contributed by atoms with Crippen molar-refractivity contribution in [2.24, 2.45) is 0 Å². The molecule has 0 fully saturated rings. The van der Waals surface area contributed by atoms with Gasteiger partial charge in [0, 0.05) is 12.6 Å². The summed E-state index contributed by atoms with van der Waals surface area (Å²) < 4.78 is 2.06. The van der Waals surface area contributed by atoms with E-state index in [1.807, 2.05) is 19.1 Å². The van der Waals surface area contributed by atoms with Crippen molar-refractivity contribution < 1.29 is 4.92 Å². The van der Waals surface area contributed by atoms with Gasteiger partial charge in [0.2, 0.25) is 0 Å². The Hall–Kier alpha value is -3.26. The van der Waals surface area contributed by atoms with Crippen molar-refractivity contribution >= 4 is 27.6 Å². The van der Waals surface area contributed by atoms with Gasteiger partial charge in [0.25, 0.3) is 5.69 Å². The quantitative estimate of drug-likeness (QED) is 0.420. The Morgan fingerprint density at radius 1 is 1.19 bits per heavy atom. The molecule has 134 valence electrons. The summed E-state index contributed by atoms with van der Waals surface area (Å²) in [6.45, 7) is 4.83. The minimum atomic E-state index is -0.377. The van der Waals surface area contributed by atoms with Gasteiger partial charge in [-0.25, -0.2) is 4.98 Å². The van der Waals surface area contributed by atoms with Crippen LogP contribution in [0.1, 0.15) is 19.4 Å². The van der Waals surface area contributed by atoms with Crippen molar-refractivity contribution in [2.75, 3.05) is 0 Å². The average Bonchev–Trinajstić information content (AvgIpc) is 3.21. The summed E-state index contributed by atoms with van der Waals surface area (Å²) in [5.41, 5.74) is 4.28. The lowest BCUT2D eigenvalue weighted by molar-refractivity contribution is -0.383. The maximum Gasteiger partial charge on any atom is 0.281 e. The Morgan fingerprint density at radius 3 is 2.65 bits per heavy atom. The number of nitrogens with zero attached hydrogens (tertiary/aromatic N) is 4. The first kappa shape index (κ1) is 17.6. The normalized spacial score (nSPS) is 11.0. The Kier molecular flexibility index (Phi) is 4.43. The van der Waals surface area contributed by atoms with Crippen LogP contribution in [0.4, 0.5) is 5.69 Å². The van der Waals surface area contributed by atoms with Crippen LogP contribution in [0, 0.1) is 10.1 Å². The van der Waals surface area contributed by atoms with Gasteiger partial charge in [0.15, 0.2) is 5.82 Å². The van der Waals surface area contributed by atoms with Gasteiger partial charge < -0.3 is 10.7 Å². The van der Waals surface area contributed by atoms with Crippen LogP contribution < -0.4 is 6.15 Å². The number of benzene rings is 2. The molecule has 2 aromatic heterocycles. The first-order valence-electron chi connectivity index (χ1n) is 8.25. The smallest absolute Gasteiger partial charge is 0.281 e. The number of hydrogen-bond acceptors (Lipinski definition) is 5. The standard InChI is InChI=1S/C18H17N5O2.H3N/c1-3-11-7-5-10-14-16(11)19-18(22(14)4-2)17-15-12(20-21-17)8-6-9-13(15)23(24)25;/h5-10H,3-4H2,1-2H3,(H,20,21);1H3. The molecule has 0 aliphatic heterocycles. The fourth-order valence-electron chi connectivity index (χ4n) is 3.36. The number of H-pyrrole nitrogens is 1. The van der Waals surface area contributed by atoms with Crippen LogP contribution in [-0.2, 0) is 13.0 Å². The highest BCUT2D eigenvalue weighted by molar-refractivity contribution is 5.99. The van der Waals surface area contributed by atoms with Crippen molar-refractivity contribution in [1.82, 2.24) is 25.9 Å². The van der Waals surface area contributed by atoms with Gasteiger partial charge in [-0.05, 0) is 31.0 Å². The zero-order valence-corrected chi connectivity index (χ0v) is 14.7. The van der Waals surface area contributed by atoms with Gasteiger partial charge >= 0.3 is 0 Å². The summed E-state index contributed by atoms with van der Waals surface area (Å²) in [6.07, 6.45) is 0.874. The summed E-state index contributed by atoms with van der Waals surface area (Å²) in [5, 5.41) is 19.2. The monoisotopic (exact) mass is 352 g/mol. The van der Waals surface area contributed by atoms with E-state index in [-0.39, 0.29) is 16.8 Å². The average molecular weight is 352 g/mol. The molecule has 4 rings (SSSR count). The summed E-state index contributed by atoms with van der Waals surface area (Å²) in [4.78, 5) is 15.9. The molecule has 4 N–H and O–H groups in total. The highest BCUT2D eigenvalue weighted by atomic mass is 16.6. The van der Waals surface area contributed by atoms with Gasteiger partial charge in [-0.15, -0.1) is 0 Å². The number of rotatable bonds is 4. The lowest BCUT2D eigenvalue weighted by atomic mass is 10.1. The van der Waals surface area contributed by atoms with Crippen LogP contribution in [0.15, 0.2) is 36.4 Å². The molecule has 0 aliphatic rings. The number of para-hydroxylation sites is 1. The van der Waals surface area contributed by atoms with Crippen molar-refractivity contribution in [3.63, 3.8) is 0 Å². The largest absolute Gasteiger partial charge is 0.344 e. The summed E-state index contributed by atoms with van der Waals surface area (Å²) in [5.74, 6) is 0.652. The molecule has 0 bridgehead atoms. The molecule has 2 heterocycles. The second-order valence-corrected chi connectivity index (χ2v) is 5.85. The zero-order valence-electron chi connectivity index (χ0n) is 14.7. The van der Waals surface area contributed by atoms with Crippen LogP contribution in [0.25, 0.3) is 33.5 Å². The molecule has 0 aliphatic carbocycles. The number of non-ortho nitro benzene ring substituents is 1. The van der Waals surface area contributed by atoms with Gasteiger partial charge in [-0.1, -0.05) is 25.1 Å². The fraction of sp³-hybridized carbons (Fsp3) is 0.222. The molecule has 2 aromatic carbocycles. The Labute approximate surface area is 149 Å².